The number of halogens is 1. The van der Waals surface area contributed by atoms with Crippen LogP contribution in [0.15, 0.2) is 53.3 Å². The Kier molecular flexibility index (Phi) is 5.04. The van der Waals surface area contributed by atoms with E-state index in [1.807, 2.05) is 6.92 Å². The molecule has 1 heterocycles. The topological polar surface area (TPSA) is 84.1 Å². The van der Waals surface area contributed by atoms with Crippen molar-refractivity contribution in [2.45, 2.75) is 6.92 Å². The van der Waals surface area contributed by atoms with Gasteiger partial charge in [0.2, 0.25) is 0 Å². The van der Waals surface area contributed by atoms with Crippen LogP contribution in [0.5, 0.6) is 5.75 Å². The minimum Gasteiger partial charge on any atom is -0.497 e. The number of hydrogen-bond acceptors (Lipinski definition) is 4. The summed E-state index contributed by atoms with van der Waals surface area (Å²) in [5.74, 6) is 0.229. The first kappa shape index (κ1) is 17.7. The van der Waals surface area contributed by atoms with Crippen molar-refractivity contribution in [1.29, 1.82) is 0 Å². The van der Waals surface area contributed by atoms with Gasteiger partial charge in [0.25, 0.3) is 5.91 Å². The SMILES string of the molecule is COc1ccc(-c2cc(C(=O)Nc3ccc(C)c(Cl)c3)[nH]c(=O)n2)cc1. The maximum atomic E-state index is 12.5. The van der Waals surface area contributed by atoms with Gasteiger partial charge in [-0.15, -0.1) is 0 Å². The molecular formula is C19H16ClN3O3. The van der Waals surface area contributed by atoms with E-state index in [0.717, 1.165) is 5.56 Å². The summed E-state index contributed by atoms with van der Waals surface area (Å²) in [6.07, 6.45) is 0. The molecule has 7 heteroatoms. The molecule has 0 saturated heterocycles. The molecule has 3 rings (SSSR count). The van der Waals surface area contributed by atoms with Crippen molar-refractivity contribution in [2.24, 2.45) is 0 Å². The molecule has 0 spiro atoms. The van der Waals surface area contributed by atoms with Crippen LogP contribution in [0.4, 0.5) is 5.69 Å². The Balaban J connectivity index is 1.89. The maximum absolute atomic E-state index is 12.5. The zero-order chi connectivity index (χ0) is 18.7. The van der Waals surface area contributed by atoms with Gasteiger partial charge in [0, 0.05) is 16.3 Å². The molecule has 0 saturated carbocycles. The predicted molar refractivity (Wildman–Crippen MR) is 101 cm³/mol. The number of rotatable bonds is 4. The summed E-state index contributed by atoms with van der Waals surface area (Å²) in [6, 6.07) is 13.8. The number of benzene rings is 2. The van der Waals surface area contributed by atoms with Crippen molar-refractivity contribution in [2.75, 3.05) is 12.4 Å². The monoisotopic (exact) mass is 369 g/mol. The van der Waals surface area contributed by atoms with Crippen LogP contribution in [0, 0.1) is 6.92 Å². The molecule has 1 amide bonds. The lowest BCUT2D eigenvalue weighted by Gasteiger charge is -2.08. The number of anilines is 1. The van der Waals surface area contributed by atoms with Gasteiger partial charge in [-0.25, -0.2) is 4.79 Å². The number of H-pyrrole nitrogens is 1. The molecule has 6 nitrogen and oxygen atoms in total. The molecule has 2 N–H and O–H groups in total. The molecule has 0 bridgehead atoms. The van der Waals surface area contributed by atoms with Crippen molar-refractivity contribution in [1.82, 2.24) is 9.97 Å². The van der Waals surface area contributed by atoms with Crippen LogP contribution in [0.25, 0.3) is 11.3 Å². The Labute approximate surface area is 154 Å². The fraction of sp³-hybridized carbons (Fsp3) is 0.105. The number of aromatic nitrogens is 2. The Morgan fingerprint density at radius 1 is 1.15 bits per heavy atom. The van der Waals surface area contributed by atoms with E-state index in [1.54, 1.807) is 49.6 Å². The standard InChI is InChI=1S/C19H16ClN3O3/c1-11-3-6-13(9-15(11)20)21-18(24)17-10-16(22-19(25)23-17)12-4-7-14(26-2)8-5-12/h3-10H,1-2H3,(H,21,24)(H,22,23,25). The number of amides is 1. The number of methoxy groups -OCH3 is 1. The molecule has 0 fully saturated rings. The number of aromatic amines is 1. The first-order valence-corrected chi connectivity index (χ1v) is 8.17. The van der Waals surface area contributed by atoms with E-state index < -0.39 is 11.6 Å². The van der Waals surface area contributed by atoms with E-state index in [9.17, 15) is 9.59 Å². The lowest BCUT2D eigenvalue weighted by atomic mass is 10.1. The second kappa shape index (κ2) is 7.41. The Bertz CT molecular complexity index is 1010. The number of hydrogen-bond donors (Lipinski definition) is 2. The van der Waals surface area contributed by atoms with E-state index in [0.29, 0.717) is 27.7 Å². The highest BCUT2D eigenvalue weighted by atomic mass is 35.5. The number of nitrogens with one attached hydrogen (secondary N) is 2. The number of nitrogens with zero attached hydrogens (tertiary/aromatic N) is 1. The van der Waals surface area contributed by atoms with Gasteiger partial charge in [0.1, 0.15) is 11.4 Å². The van der Waals surface area contributed by atoms with Crippen LogP contribution in [0.3, 0.4) is 0 Å². The van der Waals surface area contributed by atoms with Gasteiger partial charge in [-0.05, 0) is 55.0 Å². The fourth-order valence-corrected chi connectivity index (χ4v) is 2.54. The van der Waals surface area contributed by atoms with Crippen LogP contribution in [-0.2, 0) is 0 Å². The molecule has 1 aromatic heterocycles. The summed E-state index contributed by atoms with van der Waals surface area (Å²) in [4.78, 5) is 30.7. The molecule has 0 radical (unpaired) electrons. The zero-order valence-electron chi connectivity index (χ0n) is 14.2. The third-order valence-corrected chi connectivity index (χ3v) is 4.21. The normalized spacial score (nSPS) is 10.4. The molecule has 0 aliphatic rings. The van der Waals surface area contributed by atoms with Crippen molar-refractivity contribution in [3.63, 3.8) is 0 Å². The van der Waals surface area contributed by atoms with Gasteiger partial charge in [0.15, 0.2) is 0 Å². The summed E-state index contributed by atoms with van der Waals surface area (Å²) in [6.45, 7) is 1.87. The van der Waals surface area contributed by atoms with E-state index >= 15 is 0 Å². The molecule has 0 unspecified atom stereocenters. The second-order valence-corrected chi connectivity index (χ2v) is 6.04. The first-order valence-electron chi connectivity index (χ1n) is 7.79. The molecule has 0 aliphatic carbocycles. The smallest absolute Gasteiger partial charge is 0.346 e. The van der Waals surface area contributed by atoms with Crippen LogP contribution in [0.1, 0.15) is 16.1 Å². The number of ether oxygens (including phenoxy) is 1. The largest absolute Gasteiger partial charge is 0.497 e. The Hall–Kier alpha value is -3.12. The van der Waals surface area contributed by atoms with Crippen molar-refractivity contribution in [3.8, 4) is 17.0 Å². The third kappa shape index (κ3) is 3.92. The van der Waals surface area contributed by atoms with E-state index in [-0.39, 0.29) is 5.69 Å². The van der Waals surface area contributed by atoms with Gasteiger partial charge in [-0.1, -0.05) is 17.7 Å². The third-order valence-electron chi connectivity index (χ3n) is 3.80. The molecular weight excluding hydrogens is 354 g/mol. The van der Waals surface area contributed by atoms with Crippen LogP contribution < -0.4 is 15.7 Å². The maximum Gasteiger partial charge on any atom is 0.346 e. The summed E-state index contributed by atoms with van der Waals surface area (Å²) in [5.41, 5.74) is 2.03. The summed E-state index contributed by atoms with van der Waals surface area (Å²) < 4.78 is 5.11. The quantitative estimate of drug-likeness (QED) is 0.735. The fourth-order valence-electron chi connectivity index (χ4n) is 2.36. The minimum atomic E-state index is -0.606. The van der Waals surface area contributed by atoms with Crippen molar-refractivity contribution >= 4 is 23.2 Å². The second-order valence-electron chi connectivity index (χ2n) is 5.63. The van der Waals surface area contributed by atoms with E-state index in [4.69, 9.17) is 16.3 Å². The van der Waals surface area contributed by atoms with Crippen LogP contribution in [0.2, 0.25) is 5.02 Å². The lowest BCUT2D eigenvalue weighted by molar-refractivity contribution is 0.102. The highest BCUT2D eigenvalue weighted by Crippen LogP contribution is 2.22. The van der Waals surface area contributed by atoms with E-state index in [1.165, 1.54) is 6.07 Å². The molecule has 2 aromatic carbocycles. The van der Waals surface area contributed by atoms with Gasteiger partial charge < -0.3 is 15.0 Å². The summed E-state index contributed by atoms with van der Waals surface area (Å²) in [5, 5.41) is 3.26. The van der Waals surface area contributed by atoms with Crippen molar-refractivity contribution in [3.05, 3.63) is 75.3 Å². The average molecular weight is 370 g/mol. The molecule has 132 valence electrons. The summed E-state index contributed by atoms with van der Waals surface area (Å²) >= 11 is 6.07. The number of carbonyl (C=O) groups excluding carboxylic acids is 1. The Morgan fingerprint density at radius 3 is 2.54 bits per heavy atom. The van der Waals surface area contributed by atoms with E-state index in [2.05, 4.69) is 15.3 Å². The van der Waals surface area contributed by atoms with Gasteiger partial charge >= 0.3 is 5.69 Å². The minimum absolute atomic E-state index is 0.104. The highest BCUT2D eigenvalue weighted by Gasteiger charge is 2.12. The van der Waals surface area contributed by atoms with Gasteiger partial charge in [-0.3, -0.25) is 4.79 Å². The molecule has 0 atom stereocenters. The number of aryl methyl sites for hydroxylation is 1. The number of carbonyl (C=O) groups is 1. The highest BCUT2D eigenvalue weighted by molar-refractivity contribution is 6.31. The first-order chi connectivity index (χ1) is 12.5. The molecule has 3 aromatic rings. The summed E-state index contributed by atoms with van der Waals surface area (Å²) in [7, 11) is 1.57. The van der Waals surface area contributed by atoms with Crippen LogP contribution >= 0.6 is 11.6 Å². The van der Waals surface area contributed by atoms with Gasteiger partial charge in [0.05, 0.1) is 12.8 Å². The lowest BCUT2D eigenvalue weighted by Crippen LogP contribution is -2.21. The van der Waals surface area contributed by atoms with Gasteiger partial charge in [-0.2, -0.15) is 4.98 Å². The molecule has 26 heavy (non-hydrogen) atoms. The van der Waals surface area contributed by atoms with Crippen molar-refractivity contribution < 1.29 is 9.53 Å². The average Bonchev–Trinajstić information content (AvgIpc) is 2.64. The predicted octanol–water partition coefficient (Wildman–Crippen LogP) is 3.66. The van der Waals surface area contributed by atoms with Crippen LogP contribution in [-0.4, -0.2) is 23.0 Å². The Morgan fingerprint density at radius 2 is 1.88 bits per heavy atom. The zero-order valence-corrected chi connectivity index (χ0v) is 14.9. The molecule has 0 aliphatic heterocycles.